The quantitative estimate of drug-likeness (QED) is 0.501. The van der Waals surface area contributed by atoms with Gasteiger partial charge in [-0.3, -0.25) is 9.69 Å². The van der Waals surface area contributed by atoms with E-state index in [0.29, 0.717) is 31.5 Å². The van der Waals surface area contributed by atoms with Gasteiger partial charge in [-0.2, -0.15) is 0 Å². The highest BCUT2D eigenvalue weighted by Crippen LogP contribution is 2.70. The van der Waals surface area contributed by atoms with Gasteiger partial charge in [-0.05, 0) is 98.4 Å². The van der Waals surface area contributed by atoms with Crippen molar-refractivity contribution in [1.82, 2.24) is 10.2 Å². The zero-order chi connectivity index (χ0) is 25.5. The molecule has 2 aliphatic heterocycles. The maximum Gasteiger partial charge on any atom is 0.408 e. The minimum absolute atomic E-state index is 0.0515. The van der Waals surface area contributed by atoms with E-state index in [-0.39, 0.29) is 40.5 Å². The summed E-state index contributed by atoms with van der Waals surface area (Å²) in [4.78, 5) is 37.8. The number of cyclic esters (lactones) is 1. The minimum atomic E-state index is -0.999. The third kappa shape index (κ3) is 3.25. The fraction of sp³-hybridized carbons (Fsp3) is 0.821. The zero-order valence-corrected chi connectivity index (χ0v) is 21.5. The Morgan fingerprint density at radius 3 is 2.61 bits per heavy atom. The Kier molecular flexibility index (Phi) is 5.53. The molecular formula is C28H40N2O6. The van der Waals surface area contributed by atoms with Gasteiger partial charge in [0, 0.05) is 24.6 Å². The molecule has 4 saturated carbocycles. The smallest absolute Gasteiger partial charge is 0.408 e. The van der Waals surface area contributed by atoms with Gasteiger partial charge in [0.05, 0.1) is 5.60 Å². The zero-order valence-electron chi connectivity index (χ0n) is 21.5. The highest BCUT2D eigenvalue weighted by atomic mass is 16.5. The molecule has 198 valence electrons. The molecule has 9 atom stereocenters. The Labute approximate surface area is 212 Å². The molecule has 36 heavy (non-hydrogen) atoms. The summed E-state index contributed by atoms with van der Waals surface area (Å²) in [5, 5.41) is 25.0. The van der Waals surface area contributed by atoms with Gasteiger partial charge in [0.25, 0.3) is 0 Å². The first-order valence-electron chi connectivity index (χ1n) is 14.0. The van der Waals surface area contributed by atoms with Crippen molar-refractivity contribution >= 4 is 18.0 Å². The predicted octanol–water partition coefficient (Wildman–Crippen LogP) is 3.34. The van der Waals surface area contributed by atoms with Crippen molar-refractivity contribution in [3.8, 4) is 0 Å². The highest BCUT2D eigenvalue weighted by Gasteiger charge is 2.68. The van der Waals surface area contributed by atoms with E-state index in [2.05, 4.69) is 19.2 Å². The number of nitrogens with one attached hydrogen (secondary N) is 1. The molecule has 0 aromatic rings. The van der Waals surface area contributed by atoms with Crippen molar-refractivity contribution < 1.29 is 29.3 Å². The fourth-order valence-corrected chi connectivity index (χ4v) is 10.1. The molecule has 3 N–H and O–H groups in total. The van der Waals surface area contributed by atoms with Crippen LogP contribution in [0, 0.1) is 40.4 Å². The molecule has 1 saturated heterocycles. The van der Waals surface area contributed by atoms with Gasteiger partial charge in [-0.25, -0.2) is 9.59 Å². The summed E-state index contributed by atoms with van der Waals surface area (Å²) in [6, 6.07) is -0.586. The normalized spacial score (nSPS) is 48.3. The fourth-order valence-electron chi connectivity index (χ4n) is 10.1. The number of hydrogen-bond donors (Lipinski definition) is 3. The minimum Gasteiger partial charge on any atom is -0.465 e. The molecule has 1 unspecified atom stereocenters. The van der Waals surface area contributed by atoms with Crippen LogP contribution >= 0.6 is 0 Å². The third-order valence-corrected chi connectivity index (χ3v) is 12.0. The number of nitrogens with zero attached hydrogens (tertiary/aromatic N) is 1. The van der Waals surface area contributed by atoms with Crippen LogP contribution in [0.3, 0.4) is 0 Å². The van der Waals surface area contributed by atoms with Crippen LogP contribution in [0.5, 0.6) is 0 Å². The molecule has 6 aliphatic rings. The lowest BCUT2D eigenvalue weighted by molar-refractivity contribution is -0.207. The summed E-state index contributed by atoms with van der Waals surface area (Å²) in [6.45, 7) is 5.76. The van der Waals surface area contributed by atoms with Crippen LogP contribution in [0.2, 0.25) is 0 Å². The molecule has 0 aromatic heterocycles. The number of carbonyl (C=O) groups is 3. The standard InChI is InChI=1S/C28H40N2O6/c1-26-8-5-16(23-24(32)29-11-12-30(23)25(33)34)13-18(26)3-4-21-20(26)6-9-27(2)19(7-10-28(21,27)35)17-14-22(31)36-15-17/h14,16,18-21,23,35H,3-13,15H2,1-2H3,(H,29,32)(H,33,34)/t16-,18+,19+,20-,21+,23?,26-,27+,28-/m0/s1. The molecule has 0 spiro atoms. The topological polar surface area (TPSA) is 116 Å². The second kappa shape index (κ2) is 8.20. The van der Waals surface area contributed by atoms with Crippen LogP contribution in [0.4, 0.5) is 4.79 Å². The third-order valence-electron chi connectivity index (χ3n) is 12.0. The number of ether oxygens (including phenoxy) is 1. The summed E-state index contributed by atoms with van der Waals surface area (Å²) in [5.41, 5.74) is 0.183. The summed E-state index contributed by atoms with van der Waals surface area (Å²) in [6.07, 6.45) is 9.07. The summed E-state index contributed by atoms with van der Waals surface area (Å²) in [5.74, 6) is 0.964. The first-order valence-corrected chi connectivity index (χ1v) is 14.0. The number of carboxylic acid groups (broad SMARTS) is 1. The lowest BCUT2D eigenvalue weighted by atomic mass is 9.42. The van der Waals surface area contributed by atoms with E-state index in [1.165, 1.54) is 4.90 Å². The molecule has 5 fully saturated rings. The molecule has 0 radical (unpaired) electrons. The first-order chi connectivity index (χ1) is 17.1. The van der Waals surface area contributed by atoms with Crippen molar-refractivity contribution in [3.63, 3.8) is 0 Å². The van der Waals surface area contributed by atoms with Crippen LogP contribution in [0.1, 0.15) is 71.6 Å². The number of aliphatic hydroxyl groups is 1. The number of rotatable bonds is 2. The van der Waals surface area contributed by atoms with Gasteiger partial charge in [0.15, 0.2) is 0 Å². The van der Waals surface area contributed by atoms with Gasteiger partial charge >= 0.3 is 12.1 Å². The summed E-state index contributed by atoms with van der Waals surface area (Å²) >= 11 is 0. The maximum absolute atomic E-state index is 12.8. The van der Waals surface area contributed by atoms with E-state index >= 15 is 0 Å². The van der Waals surface area contributed by atoms with Gasteiger partial charge in [-0.15, -0.1) is 0 Å². The van der Waals surface area contributed by atoms with Crippen LogP contribution in [0.25, 0.3) is 0 Å². The molecule has 8 nitrogen and oxygen atoms in total. The largest absolute Gasteiger partial charge is 0.465 e. The van der Waals surface area contributed by atoms with Crippen LogP contribution in [0.15, 0.2) is 11.6 Å². The Balaban J connectivity index is 1.23. The molecule has 8 heteroatoms. The SMILES string of the molecule is C[C@]12CC[C@H](C3C(=O)NCCN3C(=O)O)C[C@H]1CC[C@@H]1[C@@H]2CC[C@]2(C)[C@@H](C3=CC(=O)OC3)CC[C@]12O. The second-order valence-corrected chi connectivity index (χ2v) is 13.0. The van der Waals surface area contributed by atoms with Crippen molar-refractivity contribution in [2.75, 3.05) is 19.7 Å². The van der Waals surface area contributed by atoms with Crippen LogP contribution < -0.4 is 5.32 Å². The number of fused-ring (bicyclic) bond motifs is 5. The van der Waals surface area contributed by atoms with Gasteiger partial charge in [-0.1, -0.05) is 13.8 Å². The monoisotopic (exact) mass is 500 g/mol. The highest BCUT2D eigenvalue weighted by molar-refractivity contribution is 5.87. The lowest BCUT2D eigenvalue weighted by Gasteiger charge is -2.64. The Morgan fingerprint density at radius 1 is 1.08 bits per heavy atom. The maximum atomic E-state index is 12.8. The van der Waals surface area contributed by atoms with E-state index in [0.717, 1.165) is 63.4 Å². The van der Waals surface area contributed by atoms with E-state index in [1.807, 2.05) is 0 Å². The van der Waals surface area contributed by atoms with Crippen molar-refractivity contribution in [2.45, 2.75) is 83.3 Å². The number of carbonyl (C=O) groups excluding carboxylic acids is 2. The Hall–Kier alpha value is -2.09. The molecule has 2 heterocycles. The summed E-state index contributed by atoms with van der Waals surface area (Å²) in [7, 11) is 0. The molecule has 0 aromatic carbocycles. The molecule has 0 bridgehead atoms. The number of amides is 2. The molecular weight excluding hydrogens is 460 g/mol. The van der Waals surface area contributed by atoms with E-state index in [1.54, 1.807) is 6.08 Å². The predicted molar refractivity (Wildman–Crippen MR) is 131 cm³/mol. The van der Waals surface area contributed by atoms with Crippen LogP contribution in [-0.2, 0) is 14.3 Å². The van der Waals surface area contributed by atoms with Gasteiger partial charge in [0.1, 0.15) is 12.6 Å². The lowest BCUT2D eigenvalue weighted by Crippen LogP contribution is -2.64. The molecule has 4 aliphatic carbocycles. The molecule has 6 rings (SSSR count). The Bertz CT molecular complexity index is 1010. The second-order valence-electron chi connectivity index (χ2n) is 13.0. The van der Waals surface area contributed by atoms with Gasteiger partial charge in [0.2, 0.25) is 5.91 Å². The van der Waals surface area contributed by atoms with Crippen LogP contribution in [-0.4, -0.2) is 64.4 Å². The van der Waals surface area contributed by atoms with Crippen molar-refractivity contribution in [1.29, 1.82) is 0 Å². The van der Waals surface area contributed by atoms with Crippen molar-refractivity contribution in [3.05, 3.63) is 11.6 Å². The van der Waals surface area contributed by atoms with Gasteiger partial charge < -0.3 is 20.3 Å². The van der Waals surface area contributed by atoms with Crippen molar-refractivity contribution in [2.24, 2.45) is 40.4 Å². The average molecular weight is 501 g/mol. The summed E-state index contributed by atoms with van der Waals surface area (Å²) < 4.78 is 5.24. The van der Waals surface area contributed by atoms with E-state index in [4.69, 9.17) is 4.74 Å². The molecule has 2 amide bonds. The average Bonchev–Trinajstić information content (AvgIpc) is 3.38. The number of esters is 1. The van der Waals surface area contributed by atoms with E-state index < -0.39 is 17.7 Å². The number of piperazine rings is 1. The Morgan fingerprint density at radius 2 is 1.89 bits per heavy atom. The first kappa shape index (κ1) is 24.3. The van der Waals surface area contributed by atoms with E-state index in [9.17, 15) is 24.6 Å². The number of hydrogen-bond acceptors (Lipinski definition) is 5.